The van der Waals surface area contributed by atoms with Crippen LogP contribution in [0.5, 0.6) is 0 Å². The minimum Gasteiger partial charge on any atom is -0.423 e. The van der Waals surface area contributed by atoms with E-state index in [-0.39, 0.29) is 29.6 Å². The average molecular weight is 298 g/mol. The maximum atomic E-state index is 12.6. The first-order chi connectivity index (χ1) is 9.95. The summed E-state index contributed by atoms with van der Waals surface area (Å²) in [6.45, 7) is 0.178. The Kier molecular flexibility index (Phi) is 3.01. The van der Waals surface area contributed by atoms with E-state index in [0.29, 0.717) is 5.82 Å². The van der Waals surface area contributed by atoms with Crippen molar-refractivity contribution in [3.8, 4) is 0 Å². The molecule has 4 N–H and O–H groups in total. The van der Waals surface area contributed by atoms with Crippen molar-refractivity contribution >= 4 is 23.1 Å². The van der Waals surface area contributed by atoms with Crippen LogP contribution >= 0.6 is 0 Å². The summed E-state index contributed by atoms with van der Waals surface area (Å²) < 4.78 is 43.1. The van der Waals surface area contributed by atoms with Gasteiger partial charge in [-0.2, -0.15) is 18.2 Å². The number of nitrogens with one attached hydrogen (secondary N) is 2. The van der Waals surface area contributed by atoms with Gasteiger partial charge in [0, 0.05) is 0 Å². The van der Waals surface area contributed by atoms with Crippen molar-refractivity contribution in [1.29, 1.82) is 0 Å². The van der Waals surface area contributed by atoms with Gasteiger partial charge in [-0.15, -0.1) is 10.2 Å². The van der Waals surface area contributed by atoms with Gasteiger partial charge >= 0.3 is 12.2 Å². The molecule has 21 heavy (non-hydrogen) atoms. The van der Waals surface area contributed by atoms with E-state index in [9.17, 15) is 13.2 Å². The molecule has 2 aromatic heterocycles. The third kappa shape index (κ3) is 2.65. The van der Waals surface area contributed by atoms with Crippen LogP contribution in [0.3, 0.4) is 0 Å². The lowest BCUT2D eigenvalue weighted by Gasteiger charge is -2.04. The second-order valence-corrected chi connectivity index (χ2v) is 4.15. The van der Waals surface area contributed by atoms with Crippen molar-refractivity contribution in [3.05, 3.63) is 29.6 Å². The van der Waals surface area contributed by atoms with E-state index < -0.39 is 11.7 Å². The number of rotatable bonds is 3. The highest BCUT2D eigenvalue weighted by atomic mass is 19.4. The first-order valence-corrected chi connectivity index (χ1v) is 5.82. The standard InChI is InChI=1S/C11H9F3N6O/c12-11(13,14)5-1-2-7-6(3-5)16-10(21-7)18-9-17-8(4-15)19-20-9/h1-3H,4,15H2,(H2,16,17,18,19,20). The summed E-state index contributed by atoms with van der Waals surface area (Å²) in [5, 5.41) is 10.1. The first-order valence-electron chi connectivity index (χ1n) is 5.82. The lowest BCUT2D eigenvalue weighted by molar-refractivity contribution is -0.137. The Morgan fingerprint density at radius 2 is 2.10 bits per heavy atom. The molecule has 0 aliphatic rings. The van der Waals surface area contributed by atoms with Crippen molar-refractivity contribution in [2.45, 2.75) is 12.7 Å². The van der Waals surface area contributed by atoms with Gasteiger partial charge in [0.05, 0.1) is 12.1 Å². The molecule has 3 rings (SSSR count). The van der Waals surface area contributed by atoms with Crippen LogP contribution in [-0.2, 0) is 12.7 Å². The van der Waals surface area contributed by atoms with Crippen LogP contribution in [0.1, 0.15) is 11.4 Å². The zero-order chi connectivity index (χ0) is 15.0. The van der Waals surface area contributed by atoms with Gasteiger partial charge in [0.2, 0.25) is 5.95 Å². The molecule has 0 aliphatic heterocycles. The zero-order valence-corrected chi connectivity index (χ0v) is 10.4. The van der Waals surface area contributed by atoms with Crippen LogP contribution in [0.25, 0.3) is 11.1 Å². The SMILES string of the molecule is NCc1nnc(Nc2nc3cc(C(F)(F)F)ccc3o2)[nH]1. The highest BCUT2D eigenvalue weighted by molar-refractivity contribution is 5.75. The summed E-state index contributed by atoms with van der Waals surface area (Å²) in [4.78, 5) is 6.67. The Morgan fingerprint density at radius 3 is 2.76 bits per heavy atom. The van der Waals surface area contributed by atoms with E-state index in [1.165, 1.54) is 6.07 Å². The number of H-pyrrole nitrogens is 1. The monoisotopic (exact) mass is 298 g/mol. The molecule has 0 spiro atoms. The average Bonchev–Trinajstić information content (AvgIpc) is 3.02. The maximum absolute atomic E-state index is 12.6. The molecular formula is C11H9F3N6O. The van der Waals surface area contributed by atoms with Crippen molar-refractivity contribution in [2.75, 3.05) is 5.32 Å². The van der Waals surface area contributed by atoms with Crippen LogP contribution in [0.4, 0.5) is 25.1 Å². The highest BCUT2D eigenvalue weighted by Crippen LogP contribution is 2.32. The van der Waals surface area contributed by atoms with Crippen LogP contribution in [-0.4, -0.2) is 20.2 Å². The third-order valence-corrected chi connectivity index (χ3v) is 2.67. The van der Waals surface area contributed by atoms with E-state index in [0.717, 1.165) is 12.1 Å². The van der Waals surface area contributed by atoms with Crippen molar-refractivity contribution in [2.24, 2.45) is 5.73 Å². The minimum atomic E-state index is -4.43. The fraction of sp³-hybridized carbons (Fsp3) is 0.182. The Bertz CT molecular complexity index is 778. The summed E-state index contributed by atoms with van der Waals surface area (Å²) >= 11 is 0. The van der Waals surface area contributed by atoms with Gasteiger partial charge in [0.1, 0.15) is 11.3 Å². The summed E-state index contributed by atoms with van der Waals surface area (Å²) in [5.74, 6) is 0.686. The van der Waals surface area contributed by atoms with Crippen molar-refractivity contribution < 1.29 is 17.6 Å². The lowest BCUT2D eigenvalue weighted by atomic mass is 10.2. The smallest absolute Gasteiger partial charge is 0.416 e. The van der Waals surface area contributed by atoms with Crippen molar-refractivity contribution in [3.63, 3.8) is 0 Å². The molecule has 0 unspecified atom stereocenters. The van der Waals surface area contributed by atoms with Crippen LogP contribution < -0.4 is 11.1 Å². The number of nitrogens with zero attached hydrogens (tertiary/aromatic N) is 3. The van der Waals surface area contributed by atoms with Gasteiger partial charge in [0.15, 0.2) is 5.58 Å². The number of hydrogen-bond donors (Lipinski definition) is 3. The molecule has 0 bridgehead atoms. The molecule has 10 heteroatoms. The number of benzene rings is 1. The third-order valence-electron chi connectivity index (χ3n) is 2.67. The van der Waals surface area contributed by atoms with E-state index >= 15 is 0 Å². The fourth-order valence-electron chi connectivity index (χ4n) is 1.70. The minimum absolute atomic E-state index is 0.00375. The molecule has 0 radical (unpaired) electrons. The number of halogens is 3. The molecule has 0 saturated carbocycles. The molecule has 3 aromatic rings. The van der Waals surface area contributed by atoms with Crippen LogP contribution in [0.2, 0.25) is 0 Å². The van der Waals surface area contributed by atoms with Crippen LogP contribution in [0, 0.1) is 0 Å². The van der Waals surface area contributed by atoms with E-state index in [1.54, 1.807) is 0 Å². The quantitative estimate of drug-likeness (QED) is 0.684. The zero-order valence-electron chi connectivity index (χ0n) is 10.4. The Balaban J connectivity index is 1.90. The van der Waals surface area contributed by atoms with Gasteiger partial charge in [0.25, 0.3) is 0 Å². The first kappa shape index (κ1) is 13.4. The Hall–Kier alpha value is -2.62. The molecule has 0 fully saturated rings. The van der Waals surface area contributed by atoms with Gasteiger partial charge < -0.3 is 15.1 Å². The molecular weight excluding hydrogens is 289 g/mol. The Labute approximate surface area is 115 Å². The maximum Gasteiger partial charge on any atom is 0.416 e. The number of aromatic nitrogens is 4. The molecule has 110 valence electrons. The predicted octanol–water partition coefficient (Wildman–Crippen LogP) is 2.17. The van der Waals surface area contributed by atoms with Gasteiger partial charge in [-0.05, 0) is 18.2 Å². The molecule has 0 saturated heterocycles. The summed E-state index contributed by atoms with van der Waals surface area (Å²) in [7, 11) is 0. The van der Waals surface area contributed by atoms with Crippen molar-refractivity contribution in [1.82, 2.24) is 20.2 Å². The molecule has 0 aliphatic carbocycles. The van der Waals surface area contributed by atoms with Gasteiger partial charge in [-0.3, -0.25) is 5.32 Å². The molecule has 1 aromatic carbocycles. The van der Waals surface area contributed by atoms with E-state index in [1.807, 2.05) is 0 Å². The highest BCUT2D eigenvalue weighted by Gasteiger charge is 2.31. The second-order valence-electron chi connectivity index (χ2n) is 4.15. The number of oxazole rings is 1. The number of alkyl halides is 3. The number of fused-ring (bicyclic) bond motifs is 1. The second kappa shape index (κ2) is 4.74. The predicted molar refractivity (Wildman–Crippen MR) is 66.6 cm³/mol. The summed E-state index contributed by atoms with van der Waals surface area (Å²) in [5.41, 5.74) is 4.89. The largest absolute Gasteiger partial charge is 0.423 e. The lowest BCUT2D eigenvalue weighted by Crippen LogP contribution is -2.03. The summed E-state index contributed by atoms with van der Waals surface area (Å²) in [6.07, 6.45) is -4.43. The summed E-state index contributed by atoms with van der Waals surface area (Å²) in [6, 6.07) is 3.06. The van der Waals surface area contributed by atoms with Crippen LogP contribution in [0.15, 0.2) is 22.6 Å². The van der Waals surface area contributed by atoms with Gasteiger partial charge in [-0.25, -0.2) is 0 Å². The van der Waals surface area contributed by atoms with Gasteiger partial charge in [-0.1, -0.05) is 0 Å². The number of nitrogens with two attached hydrogens (primary N) is 1. The molecule has 2 heterocycles. The Morgan fingerprint density at radius 1 is 1.29 bits per heavy atom. The number of aromatic amines is 1. The fourth-order valence-corrected chi connectivity index (χ4v) is 1.70. The topological polar surface area (TPSA) is 106 Å². The molecule has 7 nitrogen and oxygen atoms in total. The van der Waals surface area contributed by atoms with E-state index in [2.05, 4.69) is 25.5 Å². The normalized spacial score (nSPS) is 12.0. The van der Waals surface area contributed by atoms with E-state index in [4.69, 9.17) is 10.2 Å². The number of anilines is 2. The number of hydrogen-bond acceptors (Lipinski definition) is 6. The molecule has 0 amide bonds. The molecule has 0 atom stereocenters.